The lowest BCUT2D eigenvalue weighted by Crippen LogP contribution is -2.41. The molecule has 1 N–H and O–H groups in total. The first-order valence-corrected chi connectivity index (χ1v) is 11.8. The summed E-state index contributed by atoms with van der Waals surface area (Å²) in [5.74, 6) is -0.350. The Bertz CT molecular complexity index is 856. The van der Waals surface area contributed by atoms with E-state index < -0.39 is 11.6 Å². The lowest BCUT2D eigenvalue weighted by atomic mass is 9.92. The zero-order valence-corrected chi connectivity index (χ0v) is 18.6. The van der Waals surface area contributed by atoms with Gasteiger partial charge < -0.3 is 10.2 Å². The Kier molecular flexibility index (Phi) is 7.74. The van der Waals surface area contributed by atoms with Gasteiger partial charge in [-0.25, -0.2) is 8.78 Å². The summed E-state index contributed by atoms with van der Waals surface area (Å²) in [4.78, 5) is 17.1. The van der Waals surface area contributed by atoms with E-state index in [-0.39, 0.29) is 11.8 Å². The summed E-state index contributed by atoms with van der Waals surface area (Å²) in [7, 11) is 0. The molecular weight excluding hydrogens is 408 g/mol. The van der Waals surface area contributed by atoms with Crippen LogP contribution in [0.2, 0.25) is 0 Å². The number of likely N-dealkylation sites (tertiary alicyclic amines) is 1. The third kappa shape index (κ3) is 6.28. The van der Waals surface area contributed by atoms with Crippen LogP contribution in [-0.4, -0.2) is 43.5 Å². The highest BCUT2D eigenvalue weighted by atomic mass is 19.1. The number of hydrogen-bond acceptors (Lipinski definition) is 3. The van der Waals surface area contributed by atoms with Crippen molar-refractivity contribution in [3.63, 3.8) is 0 Å². The lowest BCUT2D eigenvalue weighted by Gasteiger charge is -2.33. The van der Waals surface area contributed by atoms with E-state index in [0.717, 1.165) is 38.7 Å². The van der Waals surface area contributed by atoms with Gasteiger partial charge in [-0.05, 0) is 68.8 Å². The van der Waals surface area contributed by atoms with Gasteiger partial charge in [0.25, 0.3) is 0 Å². The maximum atomic E-state index is 13.5. The molecule has 32 heavy (non-hydrogen) atoms. The van der Waals surface area contributed by atoms with E-state index >= 15 is 0 Å². The van der Waals surface area contributed by atoms with Gasteiger partial charge in [0.1, 0.15) is 11.6 Å². The number of halogens is 2. The molecule has 2 saturated heterocycles. The number of piperidine rings is 2. The summed E-state index contributed by atoms with van der Waals surface area (Å²) in [5, 5.41) is 3.13. The summed E-state index contributed by atoms with van der Waals surface area (Å²) >= 11 is 0. The van der Waals surface area contributed by atoms with E-state index in [0.29, 0.717) is 37.5 Å². The molecule has 2 aromatic carbocycles. The summed E-state index contributed by atoms with van der Waals surface area (Å²) < 4.78 is 26.9. The highest BCUT2D eigenvalue weighted by Crippen LogP contribution is 2.25. The maximum Gasteiger partial charge on any atom is 0.223 e. The average Bonchev–Trinajstić information content (AvgIpc) is 2.80. The molecule has 2 aromatic rings. The molecule has 0 unspecified atom stereocenters. The molecule has 0 aromatic heterocycles. The molecule has 0 atom stereocenters. The fourth-order valence-corrected chi connectivity index (χ4v) is 4.94. The van der Waals surface area contributed by atoms with Gasteiger partial charge in [-0.15, -0.1) is 0 Å². The van der Waals surface area contributed by atoms with Crippen LogP contribution in [0.3, 0.4) is 0 Å². The van der Waals surface area contributed by atoms with Crippen molar-refractivity contribution in [1.29, 1.82) is 0 Å². The van der Waals surface area contributed by atoms with Crippen LogP contribution in [0.4, 0.5) is 14.5 Å². The number of carbonyl (C=O) groups is 1. The van der Waals surface area contributed by atoms with E-state index in [2.05, 4.69) is 40.5 Å². The monoisotopic (exact) mass is 441 g/mol. The van der Waals surface area contributed by atoms with Crippen molar-refractivity contribution >= 4 is 11.6 Å². The number of rotatable bonds is 7. The molecule has 0 radical (unpaired) electrons. The third-order valence-corrected chi connectivity index (χ3v) is 6.89. The second kappa shape index (κ2) is 10.9. The Morgan fingerprint density at radius 1 is 0.906 bits per heavy atom. The van der Waals surface area contributed by atoms with Gasteiger partial charge in [-0.3, -0.25) is 9.69 Å². The van der Waals surface area contributed by atoms with Crippen LogP contribution < -0.4 is 10.2 Å². The van der Waals surface area contributed by atoms with Crippen LogP contribution in [0, 0.1) is 23.5 Å². The predicted molar refractivity (Wildman–Crippen MR) is 123 cm³/mol. The van der Waals surface area contributed by atoms with Crippen LogP contribution in [0.5, 0.6) is 0 Å². The van der Waals surface area contributed by atoms with Gasteiger partial charge in [0.15, 0.2) is 0 Å². The van der Waals surface area contributed by atoms with Crippen LogP contribution in [0.15, 0.2) is 48.5 Å². The lowest BCUT2D eigenvalue weighted by molar-refractivity contribution is -0.125. The van der Waals surface area contributed by atoms with Gasteiger partial charge in [0, 0.05) is 43.9 Å². The van der Waals surface area contributed by atoms with Crippen LogP contribution in [-0.2, 0) is 11.3 Å². The summed E-state index contributed by atoms with van der Waals surface area (Å²) in [6, 6.07) is 14.2. The zero-order chi connectivity index (χ0) is 22.3. The minimum Gasteiger partial charge on any atom is -0.371 e. The van der Waals surface area contributed by atoms with Crippen molar-refractivity contribution in [2.45, 2.75) is 38.6 Å². The molecule has 0 aliphatic carbocycles. The quantitative estimate of drug-likeness (QED) is 0.682. The molecule has 0 bridgehead atoms. The number of nitrogens with zero attached hydrogens (tertiary/aromatic N) is 2. The molecule has 2 aliphatic heterocycles. The molecule has 2 fully saturated rings. The maximum absolute atomic E-state index is 13.5. The summed E-state index contributed by atoms with van der Waals surface area (Å²) in [6.07, 6.45) is 4.83. The average molecular weight is 442 g/mol. The van der Waals surface area contributed by atoms with Gasteiger partial charge in [-0.2, -0.15) is 0 Å². The van der Waals surface area contributed by atoms with Crippen molar-refractivity contribution < 1.29 is 13.6 Å². The Morgan fingerprint density at radius 2 is 1.56 bits per heavy atom. The van der Waals surface area contributed by atoms with E-state index in [9.17, 15) is 13.6 Å². The van der Waals surface area contributed by atoms with Gasteiger partial charge >= 0.3 is 0 Å². The van der Waals surface area contributed by atoms with Crippen molar-refractivity contribution in [2.75, 3.05) is 37.6 Å². The number of carbonyl (C=O) groups excluding carboxylic acids is 1. The first-order chi connectivity index (χ1) is 15.6. The Hall–Kier alpha value is -2.47. The van der Waals surface area contributed by atoms with Gasteiger partial charge in [-0.1, -0.05) is 30.3 Å². The molecule has 0 saturated carbocycles. The van der Waals surface area contributed by atoms with E-state index in [1.165, 1.54) is 30.5 Å². The number of hydrogen-bond donors (Lipinski definition) is 1. The number of benzene rings is 2. The molecule has 6 heteroatoms. The highest BCUT2D eigenvalue weighted by molar-refractivity contribution is 5.79. The number of anilines is 1. The Morgan fingerprint density at radius 3 is 2.22 bits per heavy atom. The Labute approximate surface area is 189 Å². The standard InChI is InChI=1S/C26H33F2N3O/c27-23-16-24(28)18-25(17-23)31-14-9-22(10-15-31)26(32)29-11-6-20-7-12-30(13-8-20)19-21-4-2-1-3-5-21/h1-5,16-18,20,22H,6-15,19H2,(H,29,32). The fraction of sp³-hybridized carbons (Fsp3) is 0.500. The van der Waals surface area contributed by atoms with Gasteiger partial charge in [0.2, 0.25) is 5.91 Å². The molecule has 172 valence electrons. The SMILES string of the molecule is O=C(NCCC1CCN(Cc2ccccc2)CC1)C1CCN(c2cc(F)cc(F)c2)CC1. The minimum absolute atomic E-state index is 0.0163. The summed E-state index contributed by atoms with van der Waals surface area (Å²) in [5.41, 5.74) is 1.92. The normalized spacial score (nSPS) is 18.6. The van der Waals surface area contributed by atoms with Crippen LogP contribution in [0.1, 0.15) is 37.7 Å². The van der Waals surface area contributed by atoms with E-state index in [1.54, 1.807) is 0 Å². The molecule has 2 aliphatic rings. The molecular formula is C26H33F2N3O. The first kappa shape index (κ1) is 22.7. The fourth-order valence-electron chi connectivity index (χ4n) is 4.94. The Balaban J connectivity index is 1.13. The molecule has 1 amide bonds. The van der Waals surface area contributed by atoms with Crippen molar-refractivity contribution in [3.8, 4) is 0 Å². The summed E-state index contributed by atoms with van der Waals surface area (Å²) in [6.45, 7) is 5.27. The largest absolute Gasteiger partial charge is 0.371 e. The molecule has 4 rings (SSSR count). The topological polar surface area (TPSA) is 35.6 Å². The number of amides is 1. The van der Waals surface area contributed by atoms with Crippen molar-refractivity contribution in [2.24, 2.45) is 11.8 Å². The van der Waals surface area contributed by atoms with Crippen LogP contribution >= 0.6 is 0 Å². The smallest absolute Gasteiger partial charge is 0.223 e. The van der Waals surface area contributed by atoms with Crippen molar-refractivity contribution in [1.82, 2.24) is 10.2 Å². The van der Waals surface area contributed by atoms with Gasteiger partial charge in [0.05, 0.1) is 0 Å². The van der Waals surface area contributed by atoms with Crippen molar-refractivity contribution in [3.05, 3.63) is 65.7 Å². The second-order valence-corrected chi connectivity index (χ2v) is 9.17. The molecule has 0 spiro atoms. The minimum atomic E-state index is -0.564. The molecule has 4 nitrogen and oxygen atoms in total. The number of nitrogens with one attached hydrogen (secondary N) is 1. The highest BCUT2D eigenvalue weighted by Gasteiger charge is 2.26. The molecule has 2 heterocycles. The zero-order valence-electron chi connectivity index (χ0n) is 18.6. The van der Waals surface area contributed by atoms with E-state index in [4.69, 9.17) is 0 Å². The van der Waals surface area contributed by atoms with E-state index in [1.807, 2.05) is 4.90 Å². The predicted octanol–water partition coefficient (Wildman–Crippen LogP) is 4.60. The first-order valence-electron chi connectivity index (χ1n) is 11.8. The van der Waals surface area contributed by atoms with Crippen LogP contribution in [0.25, 0.3) is 0 Å². The third-order valence-electron chi connectivity index (χ3n) is 6.89. The second-order valence-electron chi connectivity index (χ2n) is 9.17.